The molecule has 1 aromatic rings. The van der Waals surface area contributed by atoms with Gasteiger partial charge in [0.2, 0.25) is 0 Å². The third-order valence-corrected chi connectivity index (χ3v) is 2.60. The summed E-state index contributed by atoms with van der Waals surface area (Å²) in [6.07, 6.45) is 0.261. The zero-order valence-corrected chi connectivity index (χ0v) is 10.8. The number of hydrogen-bond acceptors (Lipinski definition) is 4. The molecule has 1 aromatic carbocycles. The summed E-state index contributed by atoms with van der Waals surface area (Å²) in [5.41, 5.74) is 12.7. The second-order valence-corrected chi connectivity index (χ2v) is 4.86. The molecule has 0 unspecified atom stereocenters. The molecule has 5 nitrogen and oxygen atoms in total. The molecule has 0 saturated carbocycles. The molecule has 0 aliphatic heterocycles. The van der Waals surface area contributed by atoms with Gasteiger partial charge in [-0.1, -0.05) is 12.1 Å². The van der Waals surface area contributed by atoms with Crippen molar-refractivity contribution in [2.75, 3.05) is 12.3 Å². The van der Waals surface area contributed by atoms with E-state index < -0.39 is 11.7 Å². The van der Waals surface area contributed by atoms with Crippen LogP contribution in [0.25, 0.3) is 0 Å². The van der Waals surface area contributed by atoms with E-state index in [9.17, 15) is 4.79 Å². The molecule has 0 bridgehead atoms. The molecule has 0 aliphatic carbocycles. The van der Waals surface area contributed by atoms with E-state index >= 15 is 0 Å². The van der Waals surface area contributed by atoms with E-state index in [-0.39, 0.29) is 6.61 Å². The number of anilines is 1. The van der Waals surface area contributed by atoms with Crippen molar-refractivity contribution in [3.8, 4) is 0 Å². The van der Waals surface area contributed by atoms with Gasteiger partial charge in [0.1, 0.15) is 5.60 Å². The highest BCUT2D eigenvalue weighted by atomic mass is 16.6. The first-order chi connectivity index (χ1) is 8.34. The molecule has 1 amide bonds. The van der Waals surface area contributed by atoms with Crippen LogP contribution in [-0.2, 0) is 17.6 Å². The lowest BCUT2D eigenvalue weighted by atomic mass is 9.96. The van der Waals surface area contributed by atoms with Crippen molar-refractivity contribution < 1.29 is 14.6 Å². The minimum atomic E-state index is -0.786. The monoisotopic (exact) mass is 252 g/mol. The second kappa shape index (κ2) is 5.73. The molecule has 1 rings (SSSR count). The number of carbonyl (C=O) groups is 1. The van der Waals surface area contributed by atoms with Gasteiger partial charge in [0.15, 0.2) is 0 Å². The van der Waals surface area contributed by atoms with E-state index in [4.69, 9.17) is 21.3 Å². The van der Waals surface area contributed by atoms with Gasteiger partial charge < -0.3 is 21.3 Å². The Balaban J connectivity index is 2.84. The quantitative estimate of drug-likeness (QED) is 0.686. The van der Waals surface area contributed by atoms with Gasteiger partial charge in [0.25, 0.3) is 0 Å². The van der Waals surface area contributed by atoms with E-state index in [0.29, 0.717) is 18.5 Å². The van der Waals surface area contributed by atoms with Crippen molar-refractivity contribution in [2.24, 2.45) is 5.73 Å². The number of aliphatic hydroxyl groups is 1. The second-order valence-electron chi connectivity index (χ2n) is 4.86. The predicted molar refractivity (Wildman–Crippen MR) is 70.1 cm³/mol. The Bertz CT molecular complexity index is 430. The minimum Gasteiger partial charge on any atom is -0.443 e. The first-order valence-electron chi connectivity index (χ1n) is 5.80. The maximum Gasteiger partial charge on any atom is 0.405 e. The number of carbonyl (C=O) groups excluding carboxylic acids is 1. The highest BCUT2D eigenvalue weighted by molar-refractivity contribution is 5.65. The van der Waals surface area contributed by atoms with Gasteiger partial charge in [0, 0.05) is 18.7 Å². The zero-order valence-electron chi connectivity index (χ0n) is 10.8. The summed E-state index contributed by atoms with van der Waals surface area (Å²) in [6.45, 7) is 3.63. The van der Waals surface area contributed by atoms with E-state index in [1.54, 1.807) is 19.9 Å². The molecule has 0 spiro atoms. The Morgan fingerprint density at radius 3 is 2.67 bits per heavy atom. The molecular weight excluding hydrogens is 232 g/mol. The largest absolute Gasteiger partial charge is 0.443 e. The smallest absolute Gasteiger partial charge is 0.405 e. The Morgan fingerprint density at radius 1 is 1.44 bits per heavy atom. The van der Waals surface area contributed by atoms with Crippen molar-refractivity contribution in [2.45, 2.75) is 32.3 Å². The lowest BCUT2D eigenvalue weighted by molar-refractivity contribution is 0.0460. The number of amides is 1. The fraction of sp³-hybridized carbons (Fsp3) is 0.462. The van der Waals surface area contributed by atoms with Gasteiger partial charge in [-0.05, 0) is 37.5 Å². The molecule has 0 aromatic heterocycles. The number of nitrogens with two attached hydrogens (primary N) is 2. The van der Waals surface area contributed by atoms with Gasteiger partial charge in [-0.25, -0.2) is 4.79 Å². The minimum absolute atomic E-state index is 0.0504. The third-order valence-electron chi connectivity index (χ3n) is 2.60. The van der Waals surface area contributed by atoms with Gasteiger partial charge in [-0.15, -0.1) is 0 Å². The zero-order chi connectivity index (χ0) is 13.8. The van der Waals surface area contributed by atoms with Crippen LogP contribution in [0.15, 0.2) is 18.2 Å². The van der Waals surface area contributed by atoms with Crippen molar-refractivity contribution in [3.63, 3.8) is 0 Å². The van der Waals surface area contributed by atoms with Crippen LogP contribution in [0.5, 0.6) is 0 Å². The Hall–Kier alpha value is -1.75. The fourth-order valence-corrected chi connectivity index (χ4v) is 1.91. The van der Waals surface area contributed by atoms with Crippen molar-refractivity contribution in [1.29, 1.82) is 0 Å². The number of ether oxygens (including phenoxy) is 1. The molecule has 5 N–H and O–H groups in total. The molecular formula is C13H20N2O3. The molecule has 0 heterocycles. The van der Waals surface area contributed by atoms with Crippen molar-refractivity contribution in [1.82, 2.24) is 0 Å². The highest BCUT2D eigenvalue weighted by Gasteiger charge is 2.22. The van der Waals surface area contributed by atoms with Crippen LogP contribution in [0.3, 0.4) is 0 Å². The SMILES string of the molecule is CC(C)(Cc1ccc(N)c(CCO)c1)OC(N)=O. The molecule has 0 aliphatic rings. The molecule has 100 valence electrons. The normalized spacial score (nSPS) is 11.3. The number of primary amides is 1. The summed E-state index contributed by atoms with van der Waals surface area (Å²) in [5.74, 6) is 0. The standard InChI is InChI=1S/C13H20N2O3/c1-13(2,18-12(15)17)8-9-3-4-11(14)10(7-9)5-6-16/h3-4,7,16H,5-6,8,14H2,1-2H3,(H2,15,17). The summed E-state index contributed by atoms with van der Waals surface area (Å²) in [6, 6.07) is 5.58. The summed E-state index contributed by atoms with van der Waals surface area (Å²) in [7, 11) is 0. The fourth-order valence-electron chi connectivity index (χ4n) is 1.91. The average Bonchev–Trinajstić information content (AvgIpc) is 2.21. The number of rotatable bonds is 5. The van der Waals surface area contributed by atoms with Gasteiger partial charge >= 0.3 is 6.09 Å². The molecule has 0 fully saturated rings. The summed E-state index contributed by atoms with van der Waals surface area (Å²) >= 11 is 0. The summed E-state index contributed by atoms with van der Waals surface area (Å²) in [5, 5.41) is 8.95. The molecule has 5 heteroatoms. The molecule has 0 radical (unpaired) electrons. The Kier molecular flexibility index (Phi) is 4.55. The number of hydrogen-bond donors (Lipinski definition) is 3. The lowest BCUT2D eigenvalue weighted by Crippen LogP contribution is -2.33. The number of aliphatic hydroxyl groups excluding tert-OH is 1. The Morgan fingerprint density at radius 2 is 2.11 bits per heavy atom. The molecule has 0 saturated heterocycles. The van der Waals surface area contributed by atoms with Crippen LogP contribution >= 0.6 is 0 Å². The lowest BCUT2D eigenvalue weighted by Gasteiger charge is -2.24. The van der Waals surface area contributed by atoms with E-state index in [0.717, 1.165) is 11.1 Å². The van der Waals surface area contributed by atoms with E-state index in [1.807, 2.05) is 12.1 Å². The van der Waals surface area contributed by atoms with Gasteiger partial charge in [0.05, 0.1) is 0 Å². The first-order valence-corrected chi connectivity index (χ1v) is 5.80. The average molecular weight is 252 g/mol. The molecule has 0 atom stereocenters. The van der Waals surface area contributed by atoms with E-state index in [1.165, 1.54) is 0 Å². The van der Waals surface area contributed by atoms with Crippen molar-refractivity contribution >= 4 is 11.8 Å². The van der Waals surface area contributed by atoms with Crippen LogP contribution in [0.2, 0.25) is 0 Å². The van der Waals surface area contributed by atoms with Gasteiger partial charge in [-0.2, -0.15) is 0 Å². The summed E-state index contributed by atoms with van der Waals surface area (Å²) < 4.78 is 5.03. The number of nitrogen functional groups attached to an aromatic ring is 1. The van der Waals surface area contributed by atoms with Crippen LogP contribution in [-0.4, -0.2) is 23.4 Å². The number of benzene rings is 1. The summed E-state index contributed by atoms with van der Waals surface area (Å²) in [4.78, 5) is 10.8. The van der Waals surface area contributed by atoms with Gasteiger partial charge in [-0.3, -0.25) is 0 Å². The predicted octanol–water partition coefficient (Wildman–Crippen LogP) is 1.22. The van der Waals surface area contributed by atoms with E-state index in [2.05, 4.69) is 0 Å². The maximum absolute atomic E-state index is 10.8. The third kappa shape index (κ3) is 4.25. The topological polar surface area (TPSA) is 98.6 Å². The molecule has 18 heavy (non-hydrogen) atoms. The van der Waals surface area contributed by atoms with Crippen LogP contribution < -0.4 is 11.5 Å². The van der Waals surface area contributed by atoms with Crippen LogP contribution in [0, 0.1) is 0 Å². The van der Waals surface area contributed by atoms with Crippen molar-refractivity contribution in [3.05, 3.63) is 29.3 Å². The highest BCUT2D eigenvalue weighted by Crippen LogP contribution is 2.21. The first kappa shape index (κ1) is 14.3. The Labute approximate surface area is 107 Å². The van der Waals surface area contributed by atoms with Crippen LogP contribution in [0.1, 0.15) is 25.0 Å². The van der Waals surface area contributed by atoms with Crippen LogP contribution in [0.4, 0.5) is 10.5 Å². The maximum atomic E-state index is 10.8.